The molecule has 2 rings (SSSR count). The van der Waals surface area contributed by atoms with E-state index in [2.05, 4.69) is 12.1 Å². The molecule has 0 aliphatic carbocycles. The van der Waals surface area contributed by atoms with Gasteiger partial charge in [-0.25, -0.2) is 0 Å². The molecule has 0 bridgehead atoms. The highest BCUT2D eigenvalue weighted by atomic mass is 32.1. The number of nitrogens with two attached hydrogens (primary N) is 1. The molecule has 3 heteroatoms. The average molecular weight is 233 g/mol. The largest absolute Gasteiger partial charge is 0.496 e. The lowest BCUT2D eigenvalue weighted by atomic mass is 10.0. The maximum atomic E-state index is 6.22. The van der Waals surface area contributed by atoms with Crippen molar-refractivity contribution < 1.29 is 4.74 Å². The first-order chi connectivity index (χ1) is 7.72. The smallest absolute Gasteiger partial charge is 0.124 e. The van der Waals surface area contributed by atoms with Gasteiger partial charge in [-0.3, -0.25) is 0 Å². The van der Waals surface area contributed by atoms with Crippen LogP contribution in [0.25, 0.3) is 0 Å². The minimum Gasteiger partial charge on any atom is -0.496 e. The van der Waals surface area contributed by atoms with Crippen LogP contribution in [0.15, 0.2) is 35.7 Å². The van der Waals surface area contributed by atoms with Crippen molar-refractivity contribution >= 4 is 11.3 Å². The monoisotopic (exact) mass is 233 g/mol. The van der Waals surface area contributed by atoms with Gasteiger partial charge in [-0.15, -0.1) is 11.3 Å². The molecule has 84 valence electrons. The summed E-state index contributed by atoms with van der Waals surface area (Å²) in [5, 5.41) is 2.04. The van der Waals surface area contributed by atoms with E-state index in [1.807, 2.05) is 30.5 Å². The minimum absolute atomic E-state index is 0.101. The van der Waals surface area contributed by atoms with Gasteiger partial charge in [-0.1, -0.05) is 18.2 Å². The summed E-state index contributed by atoms with van der Waals surface area (Å²) < 4.78 is 5.37. The molecule has 16 heavy (non-hydrogen) atoms. The fraction of sp³-hybridized carbons (Fsp3) is 0.231. The van der Waals surface area contributed by atoms with Gasteiger partial charge < -0.3 is 10.5 Å². The Morgan fingerprint density at radius 1 is 1.31 bits per heavy atom. The van der Waals surface area contributed by atoms with Crippen LogP contribution in [0.3, 0.4) is 0 Å². The first-order valence-corrected chi connectivity index (χ1v) is 6.04. The van der Waals surface area contributed by atoms with E-state index in [1.54, 1.807) is 18.4 Å². The summed E-state index contributed by atoms with van der Waals surface area (Å²) in [6, 6.07) is 10.1. The van der Waals surface area contributed by atoms with Crippen LogP contribution >= 0.6 is 11.3 Å². The van der Waals surface area contributed by atoms with Crippen molar-refractivity contribution in [1.82, 2.24) is 0 Å². The second kappa shape index (κ2) is 4.68. The number of hydrogen-bond donors (Lipinski definition) is 1. The molecule has 1 atom stereocenters. The fourth-order valence-electron chi connectivity index (χ4n) is 1.70. The Morgan fingerprint density at radius 2 is 2.12 bits per heavy atom. The molecule has 0 amide bonds. The molecular formula is C13H15NOS. The normalized spacial score (nSPS) is 12.4. The molecule has 2 N–H and O–H groups in total. The van der Waals surface area contributed by atoms with Crippen molar-refractivity contribution in [3.8, 4) is 5.75 Å². The lowest BCUT2D eigenvalue weighted by Crippen LogP contribution is -2.11. The molecule has 0 fully saturated rings. The molecule has 0 aliphatic rings. The third-order valence-corrected chi connectivity index (χ3v) is 3.53. The van der Waals surface area contributed by atoms with Crippen LogP contribution in [0.4, 0.5) is 0 Å². The van der Waals surface area contributed by atoms with Gasteiger partial charge in [0, 0.05) is 10.4 Å². The van der Waals surface area contributed by atoms with E-state index < -0.39 is 0 Å². The van der Waals surface area contributed by atoms with Crippen LogP contribution in [0.5, 0.6) is 5.75 Å². The number of aryl methyl sites for hydroxylation is 1. The second-order valence-electron chi connectivity index (χ2n) is 3.74. The number of benzene rings is 1. The van der Waals surface area contributed by atoms with E-state index in [0.717, 1.165) is 16.2 Å². The van der Waals surface area contributed by atoms with Gasteiger partial charge in [0.05, 0.1) is 13.2 Å². The fourth-order valence-corrected chi connectivity index (χ4v) is 2.44. The molecule has 0 saturated heterocycles. The topological polar surface area (TPSA) is 35.2 Å². The third kappa shape index (κ3) is 2.10. The van der Waals surface area contributed by atoms with Crippen LogP contribution < -0.4 is 10.5 Å². The molecular weight excluding hydrogens is 218 g/mol. The molecule has 1 heterocycles. The van der Waals surface area contributed by atoms with Crippen molar-refractivity contribution in [2.45, 2.75) is 13.0 Å². The predicted octanol–water partition coefficient (Wildman–Crippen LogP) is 3.11. The van der Waals surface area contributed by atoms with Crippen molar-refractivity contribution in [2.75, 3.05) is 7.11 Å². The van der Waals surface area contributed by atoms with Gasteiger partial charge in [-0.2, -0.15) is 0 Å². The molecule has 0 aliphatic heterocycles. The van der Waals surface area contributed by atoms with Crippen LogP contribution in [-0.2, 0) is 0 Å². The number of rotatable bonds is 3. The van der Waals surface area contributed by atoms with E-state index in [1.165, 1.54) is 5.56 Å². The van der Waals surface area contributed by atoms with E-state index in [4.69, 9.17) is 10.5 Å². The van der Waals surface area contributed by atoms with E-state index >= 15 is 0 Å². The molecule has 2 aromatic rings. The Balaban J connectivity index is 2.40. The summed E-state index contributed by atoms with van der Waals surface area (Å²) in [6.45, 7) is 2.04. The van der Waals surface area contributed by atoms with E-state index in [-0.39, 0.29) is 6.04 Å². The molecule has 1 unspecified atom stereocenters. The highest BCUT2D eigenvalue weighted by Crippen LogP contribution is 2.31. The van der Waals surface area contributed by atoms with Crippen molar-refractivity contribution in [3.05, 3.63) is 51.7 Å². The summed E-state index contributed by atoms with van der Waals surface area (Å²) in [7, 11) is 1.68. The number of thiophene rings is 1. The van der Waals surface area contributed by atoms with Crippen LogP contribution in [0, 0.1) is 6.92 Å². The summed E-state index contributed by atoms with van der Waals surface area (Å²) in [4.78, 5) is 1.15. The van der Waals surface area contributed by atoms with Crippen molar-refractivity contribution in [2.24, 2.45) is 5.73 Å². The quantitative estimate of drug-likeness (QED) is 0.884. The SMILES string of the molecule is COc1cc(C)ccc1C(N)c1cccs1. The van der Waals surface area contributed by atoms with Crippen molar-refractivity contribution in [3.63, 3.8) is 0 Å². The van der Waals surface area contributed by atoms with Crippen LogP contribution in [0.1, 0.15) is 22.0 Å². The Hall–Kier alpha value is -1.32. The average Bonchev–Trinajstić information content (AvgIpc) is 2.81. The second-order valence-corrected chi connectivity index (χ2v) is 4.72. The third-order valence-electron chi connectivity index (χ3n) is 2.57. The summed E-state index contributed by atoms with van der Waals surface area (Å²) in [5.41, 5.74) is 8.43. The molecule has 0 spiro atoms. The molecule has 1 aromatic carbocycles. The van der Waals surface area contributed by atoms with Crippen LogP contribution in [0.2, 0.25) is 0 Å². The summed E-state index contributed by atoms with van der Waals surface area (Å²) in [6.07, 6.45) is 0. The van der Waals surface area contributed by atoms with Gasteiger partial charge >= 0.3 is 0 Å². The van der Waals surface area contributed by atoms with E-state index in [0.29, 0.717) is 0 Å². The highest BCUT2D eigenvalue weighted by Gasteiger charge is 2.14. The van der Waals surface area contributed by atoms with Crippen molar-refractivity contribution in [1.29, 1.82) is 0 Å². The zero-order valence-corrected chi connectivity index (χ0v) is 10.3. The molecule has 0 saturated carbocycles. The van der Waals surface area contributed by atoms with E-state index in [9.17, 15) is 0 Å². The first kappa shape index (κ1) is 11.2. The Kier molecular flexibility index (Phi) is 3.27. The maximum Gasteiger partial charge on any atom is 0.124 e. The van der Waals surface area contributed by atoms with Gasteiger partial charge in [0.2, 0.25) is 0 Å². The molecule has 2 nitrogen and oxygen atoms in total. The number of hydrogen-bond acceptors (Lipinski definition) is 3. The first-order valence-electron chi connectivity index (χ1n) is 5.16. The zero-order valence-electron chi connectivity index (χ0n) is 9.44. The summed E-state index contributed by atoms with van der Waals surface area (Å²) >= 11 is 1.67. The van der Waals surface area contributed by atoms with Gasteiger partial charge in [0.1, 0.15) is 5.75 Å². The standard InChI is InChI=1S/C13H15NOS/c1-9-5-6-10(11(8-9)15-2)13(14)12-4-3-7-16-12/h3-8,13H,14H2,1-2H3. The highest BCUT2D eigenvalue weighted by molar-refractivity contribution is 7.10. The number of ether oxygens (including phenoxy) is 1. The molecule has 1 aromatic heterocycles. The number of methoxy groups -OCH3 is 1. The summed E-state index contributed by atoms with van der Waals surface area (Å²) in [5.74, 6) is 0.862. The Morgan fingerprint density at radius 3 is 2.75 bits per heavy atom. The Bertz CT molecular complexity index is 465. The zero-order chi connectivity index (χ0) is 11.5. The predicted molar refractivity (Wildman–Crippen MR) is 68.1 cm³/mol. The van der Waals surface area contributed by atoms with Gasteiger partial charge in [0.15, 0.2) is 0 Å². The van der Waals surface area contributed by atoms with Gasteiger partial charge in [-0.05, 0) is 30.0 Å². The van der Waals surface area contributed by atoms with Gasteiger partial charge in [0.25, 0.3) is 0 Å². The van der Waals surface area contributed by atoms with Crippen LogP contribution in [-0.4, -0.2) is 7.11 Å². The Labute approximate surface area is 99.7 Å². The minimum atomic E-state index is -0.101. The maximum absolute atomic E-state index is 6.22. The lowest BCUT2D eigenvalue weighted by molar-refractivity contribution is 0.407. The lowest BCUT2D eigenvalue weighted by Gasteiger charge is -2.14. The molecule has 0 radical (unpaired) electrons.